The number of hydrogen-bond donors (Lipinski definition) is 1. The number of amides is 1. The van der Waals surface area contributed by atoms with Crippen LogP contribution in [0.15, 0.2) is 24.5 Å². The lowest BCUT2D eigenvalue weighted by molar-refractivity contribution is -0.147. The number of aromatic nitrogens is 5. The van der Waals surface area contributed by atoms with Crippen molar-refractivity contribution in [1.82, 2.24) is 29.6 Å². The van der Waals surface area contributed by atoms with Crippen LogP contribution in [0.5, 0.6) is 0 Å². The van der Waals surface area contributed by atoms with Crippen LogP contribution in [0.3, 0.4) is 0 Å². The topological polar surface area (TPSA) is 77.6 Å². The number of alkyl halides is 3. The molecule has 1 fully saturated rings. The van der Waals surface area contributed by atoms with Crippen molar-refractivity contribution in [3.05, 3.63) is 41.7 Å². The van der Waals surface area contributed by atoms with E-state index in [1.807, 2.05) is 4.57 Å². The molecule has 0 unspecified atom stereocenters. The summed E-state index contributed by atoms with van der Waals surface area (Å²) in [5.41, 5.74) is 0.761. The Bertz CT molecular complexity index is 1050. The normalized spacial score (nSPS) is 14.7. The lowest BCUT2D eigenvalue weighted by Crippen LogP contribution is -2.26. The molecule has 0 saturated heterocycles. The zero-order chi connectivity index (χ0) is 20.8. The van der Waals surface area contributed by atoms with Crippen molar-refractivity contribution in [3.8, 4) is 0 Å². The van der Waals surface area contributed by atoms with Crippen LogP contribution in [-0.2, 0) is 12.6 Å². The number of benzene rings is 1. The first kappa shape index (κ1) is 19.4. The summed E-state index contributed by atoms with van der Waals surface area (Å²) < 4.78 is 43.1. The third-order valence-corrected chi connectivity index (χ3v) is 4.94. The maximum atomic E-state index is 13.3. The molecular formula is C19H21F3N6O. The molecule has 154 valence electrons. The maximum Gasteiger partial charge on any atom is 0.449 e. The van der Waals surface area contributed by atoms with E-state index in [9.17, 15) is 18.0 Å². The average molecular weight is 406 g/mol. The molecule has 2 aromatic heterocycles. The molecule has 0 aliphatic heterocycles. The monoisotopic (exact) mass is 406 g/mol. The van der Waals surface area contributed by atoms with Gasteiger partial charge in [0.25, 0.3) is 5.91 Å². The third-order valence-electron chi connectivity index (χ3n) is 4.94. The second kappa shape index (κ2) is 7.16. The second-order valence-electron chi connectivity index (χ2n) is 7.49. The molecule has 10 heteroatoms. The van der Waals surface area contributed by atoms with E-state index in [0.717, 1.165) is 23.2 Å². The van der Waals surface area contributed by atoms with Crippen LogP contribution < -0.4 is 5.32 Å². The number of carbonyl (C=O) groups is 1. The Kier molecular flexibility index (Phi) is 4.79. The van der Waals surface area contributed by atoms with E-state index in [1.54, 1.807) is 20.2 Å². The number of nitrogens with one attached hydrogen (secondary N) is 1. The summed E-state index contributed by atoms with van der Waals surface area (Å²) in [5, 5.41) is 10.8. The van der Waals surface area contributed by atoms with Crippen LogP contribution >= 0.6 is 0 Å². The van der Waals surface area contributed by atoms with Gasteiger partial charge >= 0.3 is 6.18 Å². The molecule has 1 aliphatic carbocycles. The van der Waals surface area contributed by atoms with E-state index >= 15 is 0 Å². The Hall–Kier alpha value is -2.91. The molecule has 0 radical (unpaired) electrons. The summed E-state index contributed by atoms with van der Waals surface area (Å²) in [6.07, 6.45) is -0.110. The summed E-state index contributed by atoms with van der Waals surface area (Å²) in [4.78, 5) is 16.2. The molecule has 1 saturated carbocycles. The zero-order valence-corrected chi connectivity index (χ0v) is 16.1. The SMILES string of the molecule is CC(C)n1c(C(F)(F)F)nc2cc(C(=O)NCCc3nncn3C3CC3)ccc21. The number of imidazole rings is 1. The van der Waals surface area contributed by atoms with Crippen molar-refractivity contribution >= 4 is 16.9 Å². The fourth-order valence-corrected chi connectivity index (χ4v) is 3.46. The molecule has 1 amide bonds. The Labute approximate surface area is 164 Å². The van der Waals surface area contributed by atoms with Crippen molar-refractivity contribution in [1.29, 1.82) is 0 Å². The molecule has 0 atom stereocenters. The molecule has 1 aromatic carbocycles. The maximum absolute atomic E-state index is 13.3. The largest absolute Gasteiger partial charge is 0.449 e. The number of carbonyl (C=O) groups excluding carboxylic acids is 1. The number of rotatable bonds is 6. The Morgan fingerprint density at radius 3 is 2.72 bits per heavy atom. The van der Waals surface area contributed by atoms with E-state index in [2.05, 4.69) is 20.5 Å². The first-order valence-corrected chi connectivity index (χ1v) is 9.51. The minimum atomic E-state index is -4.57. The minimum Gasteiger partial charge on any atom is -0.352 e. The van der Waals surface area contributed by atoms with Gasteiger partial charge in [0.2, 0.25) is 5.82 Å². The zero-order valence-electron chi connectivity index (χ0n) is 16.1. The summed E-state index contributed by atoms with van der Waals surface area (Å²) >= 11 is 0. The highest BCUT2D eigenvalue weighted by molar-refractivity contribution is 5.97. The third kappa shape index (κ3) is 3.83. The van der Waals surface area contributed by atoms with Crippen LogP contribution in [0.4, 0.5) is 13.2 Å². The summed E-state index contributed by atoms with van der Waals surface area (Å²) in [6.45, 7) is 3.69. The van der Waals surface area contributed by atoms with Gasteiger partial charge in [0.1, 0.15) is 12.2 Å². The highest BCUT2D eigenvalue weighted by Gasteiger charge is 2.38. The minimum absolute atomic E-state index is 0.146. The predicted molar refractivity (Wildman–Crippen MR) is 99.5 cm³/mol. The highest BCUT2D eigenvalue weighted by Crippen LogP contribution is 2.35. The summed E-state index contributed by atoms with van der Waals surface area (Å²) in [5.74, 6) is -0.509. The van der Waals surface area contributed by atoms with Crippen LogP contribution in [0, 0.1) is 0 Å². The van der Waals surface area contributed by atoms with Crippen molar-refractivity contribution in [3.63, 3.8) is 0 Å². The van der Waals surface area contributed by atoms with Crippen LogP contribution in [0.2, 0.25) is 0 Å². The lowest BCUT2D eigenvalue weighted by Gasteiger charge is -2.14. The molecule has 4 rings (SSSR count). The van der Waals surface area contributed by atoms with Crippen LogP contribution in [0.25, 0.3) is 11.0 Å². The van der Waals surface area contributed by atoms with Gasteiger partial charge in [0.05, 0.1) is 11.0 Å². The Morgan fingerprint density at radius 2 is 2.07 bits per heavy atom. The molecule has 0 spiro atoms. The second-order valence-corrected chi connectivity index (χ2v) is 7.49. The van der Waals surface area contributed by atoms with E-state index in [-0.39, 0.29) is 17.0 Å². The van der Waals surface area contributed by atoms with Gasteiger partial charge < -0.3 is 14.5 Å². The first-order chi connectivity index (χ1) is 13.8. The first-order valence-electron chi connectivity index (χ1n) is 9.51. The van der Waals surface area contributed by atoms with Crippen LogP contribution in [0.1, 0.15) is 60.8 Å². The number of fused-ring (bicyclic) bond motifs is 1. The Balaban J connectivity index is 1.50. The van der Waals surface area contributed by atoms with Gasteiger partial charge in [0.15, 0.2) is 0 Å². The fraction of sp³-hybridized carbons (Fsp3) is 0.474. The average Bonchev–Trinajstić information content (AvgIpc) is 3.25. The van der Waals surface area contributed by atoms with Crippen molar-refractivity contribution < 1.29 is 18.0 Å². The Morgan fingerprint density at radius 1 is 1.31 bits per heavy atom. The van der Waals surface area contributed by atoms with Crippen molar-refractivity contribution in [2.24, 2.45) is 0 Å². The predicted octanol–water partition coefficient (Wildman–Crippen LogP) is 3.53. The van der Waals surface area contributed by atoms with E-state index in [0.29, 0.717) is 24.5 Å². The van der Waals surface area contributed by atoms with Crippen molar-refractivity contribution in [2.45, 2.75) is 51.4 Å². The number of hydrogen-bond acceptors (Lipinski definition) is 4. The molecule has 0 bridgehead atoms. The van der Waals surface area contributed by atoms with E-state index in [4.69, 9.17) is 0 Å². The molecule has 1 N–H and O–H groups in total. The molecule has 3 aromatic rings. The van der Waals surface area contributed by atoms with Crippen LogP contribution in [-0.4, -0.2) is 36.8 Å². The van der Waals surface area contributed by atoms with Gasteiger partial charge in [-0.3, -0.25) is 4.79 Å². The fourth-order valence-electron chi connectivity index (χ4n) is 3.46. The van der Waals surface area contributed by atoms with Gasteiger partial charge in [-0.25, -0.2) is 4.98 Å². The molecule has 2 heterocycles. The van der Waals surface area contributed by atoms with Gasteiger partial charge in [-0.15, -0.1) is 10.2 Å². The van der Waals surface area contributed by atoms with Gasteiger partial charge in [0, 0.05) is 30.6 Å². The summed E-state index contributed by atoms with van der Waals surface area (Å²) in [7, 11) is 0. The molecule has 29 heavy (non-hydrogen) atoms. The standard InChI is InChI=1S/C19H21F3N6O/c1-11(2)28-15-6-3-12(9-14(15)25-18(28)19(20,21)22)17(29)23-8-7-16-26-24-10-27(16)13-4-5-13/h3,6,9-11,13H,4-5,7-8H2,1-2H3,(H,23,29). The lowest BCUT2D eigenvalue weighted by atomic mass is 10.2. The smallest absolute Gasteiger partial charge is 0.352 e. The number of halogens is 3. The molecule has 7 nitrogen and oxygen atoms in total. The summed E-state index contributed by atoms with van der Waals surface area (Å²) in [6, 6.07) is 4.46. The van der Waals surface area contributed by atoms with Gasteiger partial charge in [-0.2, -0.15) is 13.2 Å². The van der Waals surface area contributed by atoms with E-state index < -0.39 is 18.0 Å². The molecule has 1 aliphatic rings. The van der Waals surface area contributed by atoms with Gasteiger partial charge in [-0.1, -0.05) is 0 Å². The van der Waals surface area contributed by atoms with Crippen molar-refractivity contribution in [2.75, 3.05) is 6.54 Å². The quantitative estimate of drug-likeness (QED) is 0.679. The van der Waals surface area contributed by atoms with E-state index in [1.165, 1.54) is 18.2 Å². The van der Waals surface area contributed by atoms with Gasteiger partial charge in [-0.05, 0) is 44.9 Å². The highest BCUT2D eigenvalue weighted by atomic mass is 19.4. The molecular weight excluding hydrogens is 385 g/mol. The number of nitrogens with zero attached hydrogens (tertiary/aromatic N) is 5.